The fourth-order valence-electron chi connectivity index (χ4n) is 8.16. The maximum absolute atomic E-state index is 14.3. The lowest BCUT2D eigenvalue weighted by atomic mass is 9.65. The van der Waals surface area contributed by atoms with Crippen molar-refractivity contribution >= 4 is 5.78 Å². The quantitative estimate of drug-likeness (QED) is 0.363. The predicted octanol–water partition coefficient (Wildman–Crippen LogP) is 4.07. The third-order valence-corrected chi connectivity index (χ3v) is 11.1. The highest BCUT2D eigenvalue weighted by atomic mass is 16.5. The lowest BCUT2D eigenvalue weighted by Gasteiger charge is -2.45. The van der Waals surface area contributed by atoms with Crippen molar-refractivity contribution in [3.05, 3.63) is 71.8 Å². The van der Waals surface area contributed by atoms with Crippen molar-refractivity contribution in [2.75, 3.05) is 105 Å². The molecule has 0 aromatic heterocycles. The van der Waals surface area contributed by atoms with Crippen LogP contribution in [0.25, 0.3) is 0 Å². The molecule has 0 N–H and O–H groups in total. The number of ether oxygens (including phenoxy) is 2. The Balaban J connectivity index is 1.10. The summed E-state index contributed by atoms with van der Waals surface area (Å²) in [7, 11) is 0. The fourth-order valence-corrected chi connectivity index (χ4v) is 8.16. The van der Waals surface area contributed by atoms with E-state index in [1.807, 2.05) is 0 Å². The molecule has 4 aliphatic heterocycles. The normalized spacial score (nSPS) is 23.8. The first-order chi connectivity index (χ1) is 21.6. The van der Waals surface area contributed by atoms with Crippen molar-refractivity contribution in [3.8, 4) is 0 Å². The van der Waals surface area contributed by atoms with Crippen LogP contribution < -0.4 is 0 Å². The van der Waals surface area contributed by atoms with Gasteiger partial charge in [0.05, 0.1) is 26.4 Å². The van der Waals surface area contributed by atoms with Gasteiger partial charge in [0.15, 0.2) is 0 Å². The molecule has 4 saturated heterocycles. The summed E-state index contributed by atoms with van der Waals surface area (Å²) in [5.74, 6) is 0.446. The first-order valence-electron chi connectivity index (χ1n) is 17.3. The van der Waals surface area contributed by atoms with E-state index < -0.39 is 0 Å². The molecule has 0 unspecified atom stereocenters. The molecule has 0 saturated carbocycles. The molecule has 0 bridgehead atoms. The molecular formula is C37H54N4O3. The summed E-state index contributed by atoms with van der Waals surface area (Å²) in [5.41, 5.74) is 2.58. The zero-order valence-electron chi connectivity index (χ0n) is 26.8. The van der Waals surface area contributed by atoms with Gasteiger partial charge < -0.3 is 19.3 Å². The van der Waals surface area contributed by atoms with Crippen LogP contribution in [0.15, 0.2) is 60.7 Å². The standard InChI is InChI=1S/C37H54N4O3/c42-35(31-36(33-7-3-1-4-8-33)11-15-38(16-12-36)19-21-40-23-27-43-28-24-40)32-37(34-9-5-2-6-10-34)13-17-39(18-14-37)20-22-41-25-29-44-30-26-41/h1-10H,11-32H2. The van der Waals surface area contributed by atoms with Crippen LogP contribution in [0.2, 0.25) is 0 Å². The number of piperidine rings is 2. The number of ketones is 1. The zero-order valence-corrected chi connectivity index (χ0v) is 26.8. The monoisotopic (exact) mass is 602 g/mol. The van der Waals surface area contributed by atoms with Gasteiger partial charge in [0.25, 0.3) is 0 Å². The molecular weight excluding hydrogens is 548 g/mol. The SMILES string of the molecule is O=C(CC1(c2ccccc2)CCN(CCN2CCOCC2)CC1)CC1(c2ccccc2)CCN(CCN2CCOCC2)CC1. The van der Waals surface area contributed by atoms with E-state index in [1.54, 1.807) is 0 Å². The van der Waals surface area contributed by atoms with Gasteiger partial charge in [-0.25, -0.2) is 0 Å². The van der Waals surface area contributed by atoms with Gasteiger partial charge in [-0.05, 0) is 63.0 Å². The first kappa shape index (κ1) is 31.8. The van der Waals surface area contributed by atoms with Crippen LogP contribution in [0.3, 0.4) is 0 Å². The van der Waals surface area contributed by atoms with Crippen molar-refractivity contribution in [1.29, 1.82) is 0 Å². The summed E-state index contributed by atoms with van der Waals surface area (Å²) in [6, 6.07) is 21.9. The molecule has 4 fully saturated rings. The van der Waals surface area contributed by atoms with Crippen LogP contribution in [0.5, 0.6) is 0 Å². The summed E-state index contributed by atoms with van der Waals surface area (Å²) < 4.78 is 11.1. The van der Waals surface area contributed by atoms with Crippen LogP contribution in [0.1, 0.15) is 49.7 Å². The topological polar surface area (TPSA) is 48.5 Å². The number of hydrogen-bond acceptors (Lipinski definition) is 7. The average molecular weight is 603 g/mol. The minimum absolute atomic E-state index is 0.0649. The molecule has 0 radical (unpaired) electrons. The fraction of sp³-hybridized carbons (Fsp3) is 0.649. The lowest BCUT2D eigenvalue weighted by molar-refractivity contribution is -0.122. The predicted molar refractivity (Wildman–Crippen MR) is 176 cm³/mol. The van der Waals surface area contributed by atoms with E-state index in [9.17, 15) is 4.79 Å². The third-order valence-electron chi connectivity index (χ3n) is 11.1. The summed E-state index contributed by atoms with van der Waals surface area (Å²) in [6.07, 6.45) is 5.53. The highest BCUT2D eigenvalue weighted by Crippen LogP contribution is 2.43. The van der Waals surface area contributed by atoms with Gasteiger partial charge in [-0.1, -0.05) is 60.7 Å². The number of morpholine rings is 2. The van der Waals surface area contributed by atoms with E-state index in [0.29, 0.717) is 18.6 Å². The smallest absolute Gasteiger partial charge is 0.134 e. The molecule has 0 amide bonds. The van der Waals surface area contributed by atoms with E-state index in [4.69, 9.17) is 9.47 Å². The van der Waals surface area contributed by atoms with Gasteiger partial charge in [0.2, 0.25) is 0 Å². The summed E-state index contributed by atoms with van der Waals surface area (Å²) >= 11 is 0. The lowest BCUT2D eigenvalue weighted by Crippen LogP contribution is -2.49. The van der Waals surface area contributed by atoms with Crippen molar-refractivity contribution in [2.24, 2.45) is 0 Å². The molecule has 0 spiro atoms. The largest absolute Gasteiger partial charge is 0.379 e. The zero-order chi connectivity index (χ0) is 30.1. The molecule has 7 heteroatoms. The van der Waals surface area contributed by atoms with E-state index in [1.165, 1.54) is 11.1 Å². The maximum atomic E-state index is 14.3. The molecule has 6 rings (SSSR count). The molecule has 0 aliphatic carbocycles. The van der Waals surface area contributed by atoms with Gasteiger partial charge in [0.1, 0.15) is 5.78 Å². The first-order valence-corrected chi connectivity index (χ1v) is 17.3. The highest BCUT2D eigenvalue weighted by Gasteiger charge is 2.42. The Morgan fingerprint density at radius 2 is 0.818 bits per heavy atom. The number of carbonyl (C=O) groups excluding carboxylic acids is 1. The van der Waals surface area contributed by atoms with Gasteiger partial charge in [-0.2, -0.15) is 0 Å². The van der Waals surface area contributed by atoms with Gasteiger partial charge in [0, 0.05) is 76.0 Å². The van der Waals surface area contributed by atoms with Crippen LogP contribution in [-0.2, 0) is 25.1 Å². The Hall–Kier alpha value is -2.13. The van der Waals surface area contributed by atoms with Crippen molar-refractivity contribution in [1.82, 2.24) is 19.6 Å². The van der Waals surface area contributed by atoms with Crippen molar-refractivity contribution in [3.63, 3.8) is 0 Å². The maximum Gasteiger partial charge on any atom is 0.134 e. The Kier molecular flexibility index (Phi) is 11.2. The van der Waals surface area contributed by atoms with E-state index >= 15 is 0 Å². The Morgan fingerprint density at radius 3 is 1.16 bits per heavy atom. The molecule has 2 aromatic rings. The van der Waals surface area contributed by atoms with Crippen molar-refractivity contribution in [2.45, 2.75) is 49.4 Å². The Labute approximate surface area is 265 Å². The Morgan fingerprint density at radius 1 is 0.500 bits per heavy atom. The molecule has 7 nitrogen and oxygen atoms in total. The number of nitrogens with zero attached hydrogens (tertiary/aromatic N) is 4. The number of carbonyl (C=O) groups is 1. The second-order valence-corrected chi connectivity index (χ2v) is 13.8. The number of rotatable bonds is 12. The Bertz CT molecular complexity index is 1040. The van der Waals surface area contributed by atoms with Crippen LogP contribution in [0, 0.1) is 0 Å². The minimum Gasteiger partial charge on any atom is -0.379 e. The average Bonchev–Trinajstić information content (AvgIpc) is 3.09. The summed E-state index contributed by atoms with van der Waals surface area (Å²) in [5, 5.41) is 0. The molecule has 4 aliphatic rings. The molecule has 0 atom stereocenters. The van der Waals surface area contributed by atoms with E-state index in [2.05, 4.69) is 80.3 Å². The second kappa shape index (κ2) is 15.4. The molecule has 240 valence electrons. The second-order valence-electron chi connectivity index (χ2n) is 13.8. The molecule has 2 aromatic carbocycles. The van der Waals surface area contributed by atoms with Gasteiger partial charge >= 0.3 is 0 Å². The van der Waals surface area contributed by atoms with Gasteiger partial charge in [-0.15, -0.1) is 0 Å². The van der Waals surface area contributed by atoms with Crippen LogP contribution >= 0.6 is 0 Å². The van der Waals surface area contributed by atoms with E-state index in [0.717, 1.165) is 131 Å². The van der Waals surface area contributed by atoms with Crippen LogP contribution in [-0.4, -0.2) is 130 Å². The summed E-state index contributed by atoms with van der Waals surface area (Å²) in [4.78, 5) is 24.6. The highest BCUT2D eigenvalue weighted by molar-refractivity contribution is 5.81. The minimum atomic E-state index is -0.0649. The van der Waals surface area contributed by atoms with Crippen LogP contribution in [0.4, 0.5) is 0 Å². The number of hydrogen-bond donors (Lipinski definition) is 0. The van der Waals surface area contributed by atoms with Gasteiger partial charge in [-0.3, -0.25) is 14.6 Å². The van der Waals surface area contributed by atoms with E-state index in [-0.39, 0.29) is 10.8 Å². The number of likely N-dealkylation sites (tertiary alicyclic amines) is 2. The summed E-state index contributed by atoms with van der Waals surface area (Å²) in [6.45, 7) is 16.3. The molecule has 4 heterocycles. The third kappa shape index (κ3) is 8.17. The number of benzene rings is 2. The molecule has 44 heavy (non-hydrogen) atoms. The number of Topliss-reactive ketones (excluding diaryl/α,β-unsaturated/α-hetero) is 1. The van der Waals surface area contributed by atoms with Crippen molar-refractivity contribution < 1.29 is 14.3 Å².